The van der Waals surface area contributed by atoms with E-state index < -0.39 is 35.6 Å². The summed E-state index contributed by atoms with van der Waals surface area (Å²) in [6.45, 7) is 1.69. The molecule has 2 amide bonds. The first-order chi connectivity index (χ1) is 21.8. The maximum atomic E-state index is 14.7. The lowest BCUT2D eigenvalue weighted by Gasteiger charge is -2.36. The summed E-state index contributed by atoms with van der Waals surface area (Å²) < 4.78 is 30.5. The zero-order chi connectivity index (χ0) is 32.1. The molecule has 0 saturated carbocycles. The minimum Gasteiger partial charge on any atom is -0.493 e. The second-order valence-electron chi connectivity index (χ2n) is 11.0. The highest BCUT2D eigenvalue weighted by Gasteiger charge is 2.58. The van der Waals surface area contributed by atoms with Gasteiger partial charge >= 0.3 is 0 Å². The first kappa shape index (κ1) is 31.6. The van der Waals surface area contributed by atoms with Crippen molar-refractivity contribution < 1.29 is 33.0 Å². The van der Waals surface area contributed by atoms with E-state index in [1.54, 1.807) is 47.4 Å². The predicted octanol–water partition coefficient (Wildman–Crippen LogP) is 3.33. The molecule has 1 N–H and O–H groups in total. The Morgan fingerprint density at radius 3 is 2.16 bits per heavy atom. The number of benzene rings is 3. The molecule has 10 nitrogen and oxygen atoms in total. The van der Waals surface area contributed by atoms with Crippen LogP contribution in [0.5, 0.6) is 11.5 Å². The molecule has 0 bridgehead atoms. The van der Waals surface area contributed by atoms with E-state index >= 15 is 0 Å². The van der Waals surface area contributed by atoms with E-state index in [1.807, 2.05) is 0 Å². The molecule has 2 heterocycles. The van der Waals surface area contributed by atoms with Crippen molar-refractivity contribution in [3.05, 3.63) is 94.8 Å². The number of carbonyl (C=O) groups excluding carboxylic acids is 3. The van der Waals surface area contributed by atoms with Gasteiger partial charge in [-0.25, -0.2) is 4.39 Å². The fraction of sp³-hybridized carbons (Fsp3) is 0.353. The van der Waals surface area contributed by atoms with Crippen molar-refractivity contribution in [2.24, 2.45) is 5.92 Å². The summed E-state index contributed by atoms with van der Waals surface area (Å²) in [4.78, 5) is 46.5. The summed E-state index contributed by atoms with van der Waals surface area (Å²) in [5.74, 6) is -2.57. The summed E-state index contributed by atoms with van der Waals surface area (Å²) in [7, 11) is 4.39. The third-order valence-electron chi connectivity index (χ3n) is 8.51. The molecule has 234 valence electrons. The highest BCUT2D eigenvalue weighted by Crippen LogP contribution is 2.52. The van der Waals surface area contributed by atoms with Crippen LogP contribution in [0.1, 0.15) is 39.0 Å². The molecule has 0 radical (unpaired) electrons. The van der Waals surface area contributed by atoms with E-state index in [9.17, 15) is 24.0 Å². The van der Waals surface area contributed by atoms with Crippen LogP contribution in [0.25, 0.3) is 0 Å². The Morgan fingerprint density at radius 1 is 0.911 bits per heavy atom. The summed E-state index contributed by atoms with van der Waals surface area (Å²) >= 11 is 0. The van der Waals surface area contributed by atoms with E-state index in [4.69, 9.17) is 14.2 Å². The number of nitrogens with zero attached hydrogens (tertiary/aromatic N) is 3. The van der Waals surface area contributed by atoms with E-state index in [0.29, 0.717) is 59.9 Å². The molecule has 3 aromatic rings. The molecule has 3 aromatic carbocycles. The lowest BCUT2D eigenvalue weighted by Crippen LogP contribution is -2.55. The third-order valence-corrected chi connectivity index (χ3v) is 8.51. The first-order valence-corrected chi connectivity index (χ1v) is 14.6. The van der Waals surface area contributed by atoms with Crippen LogP contribution in [0, 0.1) is 23.1 Å². The quantitative estimate of drug-likeness (QED) is 0.365. The Morgan fingerprint density at radius 2 is 1.56 bits per heavy atom. The summed E-state index contributed by atoms with van der Waals surface area (Å²) in [5, 5.41) is 12.6. The minimum absolute atomic E-state index is 0.303. The van der Waals surface area contributed by atoms with Gasteiger partial charge in [0.2, 0.25) is 11.8 Å². The zero-order valence-corrected chi connectivity index (χ0v) is 25.4. The Balaban J connectivity index is 1.78. The van der Waals surface area contributed by atoms with Gasteiger partial charge in [0.05, 0.1) is 37.8 Å². The number of piperazine rings is 1. The molecule has 2 aliphatic heterocycles. The monoisotopic (exact) mass is 614 g/mol. The van der Waals surface area contributed by atoms with Gasteiger partial charge in [-0.05, 0) is 47.5 Å². The Kier molecular flexibility index (Phi) is 9.76. The van der Waals surface area contributed by atoms with Crippen LogP contribution in [0.4, 0.5) is 4.39 Å². The summed E-state index contributed by atoms with van der Waals surface area (Å²) in [5.41, 5.74) is 1.78. The van der Waals surface area contributed by atoms with Crippen molar-refractivity contribution in [1.29, 1.82) is 5.26 Å². The maximum absolute atomic E-state index is 14.7. The molecule has 0 aromatic heterocycles. The van der Waals surface area contributed by atoms with Gasteiger partial charge in [-0.2, -0.15) is 5.26 Å². The van der Waals surface area contributed by atoms with Crippen LogP contribution in [0.3, 0.4) is 0 Å². The predicted molar refractivity (Wildman–Crippen MR) is 162 cm³/mol. The highest BCUT2D eigenvalue weighted by molar-refractivity contribution is 6.02. The van der Waals surface area contributed by atoms with Crippen molar-refractivity contribution >= 4 is 17.6 Å². The van der Waals surface area contributed by atoms with Gasteiger partial charge < -0.3 is 29.3 Å². The number of Topliss-reactive ketones (excluding diaryl/α,β-unsaturated/α-hetero) is 1. The van der Waals surface area contributed by atoms with Gasteiger partial charge in [0.1, 0.15) is 18.5 Å². The lowest BCUT2D eigenvalue weighted by molar-refractivity contribution is -0.148. The molecule has 5 rings (SSSR count). The highest BCUT2D eigenvalue weighted by atomic mass is 19.1. The van der Waals surface area contributed by atoms with E-state index in [-0.39, 0.29) is 18.3 Å². The van der Waals surface area contributed by atoms with Gasteiger partial charge in [-0.15, -0.1) is 0 Å². The number of rotatable bonds is 9. The number of nitriles is 1. The molecule has 0 aliphatic carbocycles. The fourth-order valence-electron chi connectivity index (χ4n) is 6.45. The fourth-order valence-corrected chi connectivity index (χ4v) is 6.45. The second kappa shape index (κ2) is 13.9. The van der Waals surface area contributed by atoms with Crippen LogP contribution in [0.2, 0.25) is 0 Å². The van der Waals surface area contributed by atoms with E-state index in [0.717, 1.165) is 0 Å². The van der Waals surface area contributed by atoms with Crippen LogP contribution >= 0.6 is 0 Å². The van der Waals surface area contributed by atoms with E-state index in [2.05, 4.69) is 11.4 Å². The van der Waals surface area contributed by atoms with Gasteiger partial charge in [0.25, 0.3) is 0 Å². The van der Waals surface area contributed by atoms with Crippen LogP contribution in [-0.2, 0) is 14.3 Å². The Hall–Kier alpha value is -4.79. The Labute approximate surface area is 261 Å². The van der Waals surface area contributed by atoms with Gasteiger partial charge in [-0.3, -0.25) is 14.4 Å². The van der Waals surface area contributed by atoms with Gasteiger partial charge in [0, 0.05) is 44.8 Å². The van der Waals surface area contributed by atoms with E-state index in [1.165, 1.54) is 50.5 Å². The van der Waals surface area contributed by atoms with Crippen molar-refractivity contribution in [3.8, 4) is 17.6 Å². The molecule has 4 atom stereocenters. The standard InChI is InChI=1S/C34H35FN4O6/c1-43-20-28(40)39-31(22-8-11-25(35)12-9-22)30(33(41)23-6-4-21(19-36)5-7-23)29(24-10-13-26(44-2)27(18-24)45-3)32(39)34(42)38-16-14-37-15-17-38/h4-13,18,29-32,37H,14-17,20H2,1-3H3. The SMILES string of the molecule is COCC(=O)N1C(C(=O)N2CCNCC2)C(c2ccc(OC)c(OC)c2)C(C(=O)c2ccc(C#N)cc2)C1c1ccc(F)cc1. The number of ketones is 1. The van der Waals surface area contributed by atoms with Crippen molar-refractivity contribution in [2.75, 3.05) is 54.1 Å². The second-order valence-corrected chi connectivity index (χ2v) is 11.0. The largest absolute Gasteiger partial charge is 0.493 e. The first-order valence-electron chi connectivity index (χ1n) is 14.6. The number of likely N-dealkylation sites (tertiary alicyclic amines) is 1. The van der Waals surface area contributed by atoms with Crippen LogP contribution in [0.15, 0.2) is 66.7 Å². The van der Waals surface area contributed by atoms with Crippen molar-refractivity contribution in [3.63, 3.8) is 0 Å². The number of carbonyl (C=O) groups is 3. The van der Waals surface area contributed by atoms with Gasteiger partial charge in [0.15, 0.2) is 17.3 Å². The number of methoxy groups -OCH3 is 3. The average molecular weight is 615 g/mol. The molecule has 0 spiro atoms. The topological polar surface area (TPSA) is 121 Å². The zero-order valence-electron chi connectivity index (χ0n) is 25.4. The molecule has 2 fully saturated rings. The number of nitrogens with one attached hydrogen (secondary N) is 1. The molecule has 2 saturated heterocycles. The molecular weight excluding hydrogens is 579 g/mol. The summed E-state index contributed by atoms with van der Waals surface area (Å²) in [6, 6.07) is 17.1. The average Bonchev–Trinajstić information content (AvgIpc) is 3.44. The molecule has 2 aliphatic rings. The van der Waals surface area contributed by atoms with Crippen molar-refractivity contribution in [1.82, 2.24) is 15.1 Å². The molecular formula is C34H35FN4O6. The molecule has 4 unspecified atom stereocenters. The smallest absolute Gasteiger partial charge is 0.249 e. The Bertz CT molecular complexity index is 1580. The lowest BCUT2D eigenvalue weighted by atomic mass is 9.75. The normalized spacial score (nSPS) is 21.2. The number of hydrogen-bond acceptors (Lipinski definition) is 8. The van der Waals surface area contributed by atoms with Crippen molar-refractivity contribution in [2.45, 2.75) is 18.0 Å². The molecule has 45 heavy (non-hydrogen) atoms. The molecule has 11 heteroatoms. The van der Waals surface area contributed by atoms with Gasteiger partial charge in [-0.1, -0.05) is 30.3 Å². The number of hydrogen-bond donors (Lipinski definition) is 1. The number of amides is 2. The van der Waals surface area contributed by atoms with Crippen LogP contribution < -0.4 is 14.8 Å². The number of halogens is 1. The third kappa shape index (κ3) is 6.25. The minimum atomic E-state index is -1.11. The summed E-state index contributed by atoms with van der Waals surface area (Å²) in [6.07, 6.45) is 0. The van der Waals surface area contributed by atoms with Crippen LogP contribution in [-0.4, -0.2) is 87.6 Å². The number of ether oxygens (including phenoxy) is 3. The maximum Gasteiger partial charge on any atom is 0.249 e.